The summed E-state index contributed by atoms with van der Waals surface area (Å²) in [4.78, 5) is 5.77. The lowest BCUT2D eigenvalue weighted by atomic mass is 10.2. The lowest BCUT2D eigenvalue weighted by Crippen LogP contribution is -2.16. The van der Waals surface area contributed by atoms with Crippen molar-refractivity contribution in [1.29, 1.82) is 0 Å². The van der Waals surface area contributed by atoms with Gasteiger partial charge in [-0.15, -0.1) is 11.3 Å². The molecule has 0 saturated carbocycles. The molecule has 0 fully saturated rings. The molecule has 0 amide bonds. The van der Waals surface area contributed by atoms with Crippen LogP contribution < -0.4 is 10.1 Å². The average molecular weight is 355 g/mol. The van der Waals surface area contributed by atoms with E-state index >= 15 is 0 Å². The second-order valence-electron chi connectivity index (χ2n) is 4.59. The summed E-state index contributed by atoms with van der Waals surface area (Å²) in [5.74, 6) is 0.865. The third-order valence-corrected chi connectivity index (χ3v) is 4.45. The Kier molecular flexibility index (Phi) is 6.01. The molecule has 1 N–H and O–H groups in total. The molecular weight excluding hydrogens is 336 g/mol. The first-order chi connectivity index (χ1) is 9.69. The standard InChI is InChI=1S/C15H19BrN2OS/c1-3-6-17-8-14-15(5-4-11(2)18-14)19-9-13-7-12(16)10-20-13/h4-5,7,10,17H,3,6,8-9H2,1-2H3. The van der Waals surface area contributed by atoms with Crippen LogP contribution in [0, 0.1) is 6.92 Å². The Balaban J connectivity index is 2.01. The number of thiophene rings is 1. The maximum absolute atomic E-state index is 5.91. The fourth-order valence-corrected chi connectivity index (χ4v) is 3.18. The zero-order chi connectivity index (χ0) is 14.4. The van der Waals surface area contributed by atoms with Crippen molar-refractivity contribution in [2.45, 2.75) is 33.4 Å². The number of nitrogens with one attached hydrogen (secondary N) is 1. The number of rotatable bonds is 7. The topological polar surface area (TPSA) is 34.2 Å². The van der Waals surface area contributed by atoms with Crippen LogP contribution in [0.2, 0.25) is 0 Å². The highest BCUT2D eigenvalue weighted by Gasteiger charge is 2.07. The molecular formula is C15H19BrN2OS. The van der Waals surface area contributed by atoms with Gasteiger partial charge in [-0.3, -0.25) is 4.98 Å². The van der Waals surface area contributed by atoms with E-state index in [2.05, 4.69) is 44.6 Å². The second kappa shape index (κ2) is 7.76. The zero-order valence-corrected chi connectivity index (χ0v) is 14.2. The molecule has 108 valence electrons. The minimum Gasteiger partial charge on any atom is -0.486 e. The van der Waals surface area contributed by atoms with Crippen LogP contribution in [0.4, 0.5) is 0 Å². The van der Waals surface area contributed by atoms with Gasteiger partial charge in [0.2, 0.25) is 0 Å². The van der Waals surface area contributed by atoms with E-state index in [9.17, 15) is 0 Å². The van der Waals surface area contributed by atoms with Crippen molar-refractivity contribution in [3.05, 3.63) is 44.3 Å². The molecule has 0 aliphatic heterocycles. The van der Waals surface area contributed by atoms with Crippen LogP contribution in [-0.4, -0.2) is 11.5 Å². The van der Waals surface area contributed by atoms with Crippen LogP contribution in [0.25, 0.3) is 0 Å². The SMILES string of the molecule is CCCNCc1nc(C)ccc1OCc1cc(Br)cs1. The van der Waals surface area contributed by atoms with Gasteiger partial charge in [-0.1, -0.05) is 6.92 Å². The minimum atomic E-state index is 0.585. The van der Waals surface area contributed by atoms with Crippen molar-refractivity contribution >= 4 is 27.3 Å². The van der Waals surface area contributed by atoms with Gasteiger partial charge in [-0.25, -0.2) is 0 Å². The highest BCUT2D eigenvalue weighted by molar-refractivity contribution is 9.10. The number of nitrogens with zero attached hydrogens (tertiary/aromatic N) is 1. The van der Waals surface area contributed by atoms with Crippen molar-refractivity contribution in [1.82, 2.24) is 10.3 Å². The van der Waals surface area contributed by atoms with Crippen molar-refractivity contribution in [2.75, 3.05) is 6.54 Å². The van der Waals surface area contributed by atoms with Gasteiger partial charge in [-0.2, -0.15) is 0 Å². The summed E-state index contributed by atoms with van der Waals surface area (Å²) in [6.45, 7) is 6.49. The highest BCUT2D eigenvalue weighted by atomic mass is 79.9. The number of aryl methyl sites for hydroxylation is 1. The Labute approximate surface area is 132 Å². The summed E-state index contributed by atoms with van der Waals surface area (Å²) in [5, 5.41) is 5.44. The maximum Gasteiger partial charge on any atom is 0.142 e. The van der Waals surface area contributed by atoms with Crippen molar-refractivity contribution in [3.63, 3.8) is 0 Å². The Hall–Kier alpha value is -0.910. The number of hydrogen-bond acceptors (Lipinski definition) is 4. The number of halogens is 1. The fourth-order valence-electron chi connectivity index (χ4n) is 1.82. The molecule has 20 heavy (non-hydrogen) atoms. The first-order valence-electron chi connectivity index (χ1n) is 6.72. The number of ether oxygens (including phenoxy) is 1. The summed E-state index contributed by atoms with van der Waals surface area (Å²) in [6, 6.07) is 6.08. The van der Waals surface area contributed by atoms with Crippen molar-refractivity contribution in [3.8, 4) is 5.75 Å². The molecule has 0 spiro atoms. The van der Waals surface area contributed by atoms with E-state index < -0.39 is 0 Å². The molecule has 0 aliphatic rings. The quantitative estimate of drug-likeness (QED) is 0.753. The van der Waals surface area contributed by atoms with Crippen LogP contribution in [0.3, 0.4) is 0 Å². The predicted octanol–water partition coefficient (Wildman–Crippen LogP) is 4.29. The summed E-state index contributed by atoms with van der Waals surface area (Å²) in [6.07, 6.45) is 1.12. The van der Waals surface area contributed by atoms with Crippen LogP contribution in [0.5, 0.6) is 5.75 Å². The molecule has 2 rings (SSSR count). The van der Waals surface area contributed by atoms with Gasteiger partial charge >= 0.3 is 0 Å². The van der Waals surface area contributed by atoms with E-state index in [4.69, 9.17) is 4.74 Å². The van der Waals surface area contributed by atoms with Crippen LogP contribution >= 0.6 is 27.3 Å². The van der Waals surface area contributed by atoms with Gasteiger partial charge in [-0.05, 0) is 54.0 Å². The minimum absolute atomic E-state index is 0.585. The third-order valence-electron chi connectivity index (χ3n) is 2.78. The van der Waals surface area contributed by atoms with E-state index in [0.29, 0.717) is 6.61 Å². The third kappa shape index (κ3) is 4.58. The highest BCUT2D eigenvalue weighted by Crippen LogP contribution is 2.23. The maximum atomic E-state index is 5.91. The van der Waals surface area contributed by atoms with Gasteiger partial charge in [0.25, 0.3) is 0 Å². The molecule has 5 heteroatoms. The van der Waals surface area contributed by atoms with Gasteiger partial charge in [0.15, 0.2) is 0 Å². The summed E-state index contributed by atoms with van der Waals surface area (Å²) < 4.78 is 7.01. The Morgan fingerprint density at radius 2 is 2.25 bits per heavy atom. The van der Waals surface area contributed by atoms with Gasteiger partial charge in [0.1, 0.15) is 12.4 Å². The van der Waals surface area contributed by atoms with E-state index in [1.54, 1.807) is 11.3 Å². The monoisotopic (exact) mass is 354 g/mol. The molecule has 0 aliphatic carbocycles. The molecule has 3 nitrogen and oxygen atoms in total. The normalized spacial score (nSPS) is 10.8. The van der Waals surface area contributed by atoms with E-state index in [-0.39, 0.29) is 0 Å². The lowest BCUT2D eigenvalue weighted by Gasteiger charge is -2.11. The van der Waals surface area contributed by atoms with Gasteiger partial charge in [0.05, 0.1) is 5.69 Å². The molecule has 2 heterocycles. The Bertz CT molecular complexity index is 557. The molecule has 0 saturated heterocycles. The van der Waals surface area contributed by atoms with Crippen molar-refractivity contribution < 1.29 is 4.74 Å². The fraction of sp³-hybridized carbons (Fsp3) is 0.400. The Morgan fingerprint density at radius 1 is 1.40 bits per heavy atom. The molecule has 0 unspecified atom stereocenters. The molecule has 0 radical (unpaired) electrons. The largest absolute Gasteiger partial charge is 0.486 e. The van der Waals surface area contributed by atoms with Crippen LogP contribution in [-0.2, 0) is 13.2 Å². The first kappa shape index (κ1) is 15.5. The van der Waals surface area contributed by atoms with Crippen LogP contribution in [0.15, 0.2) is 28.1 Å². The van der Waals surface area contributed by atoms with Gasteiger partial charge in [0, 0.05) is 27.0 Å². The number of aromatic nitrogens is 1. The molecule has 0 atom stereocenters. The van der Waals surface area contributed by atoms with Crippen molar-refractivity contribution in [2.24, 2.45) is 0 Å². The average Bonchev–Trinajstić information content (AvgIpc) is 2.84. The second-order valence-corrected chi connectivity index (χ2v) is 6.51. The van der Waals surface area contributed by atoms with E-state index in [1.807, 2.05) is 19.1 Å². The zero-order valence-electron chi connectivity index (χ0n) is 11.8. The summed E-state index contributed by atoms with van der Waals surface area (Å²) in [7, 11) is 0. The van der Waals surface area contributed by atoms with Gasteiger partial charge < -0.3 is 10.1 Å². The number of hydrogen-bond donors (Lipinski definition) is 1. The van der Waals surface area contributed by atoms with Crippen LogP contribution in [0.1, 0.15) is 29.6 Å². The molecule has 0 bridgehead atoms. The van der Waals surface area contributed by atoms with E-state index in [0.717, 1.165) is 41.1 Å². The molecule has 0 aromatic carbocycles. The lowest BCUT2D eigenvalue weighted by molar-refractivity contribution is 0.303. The Morgan fingerprint density at radius 3 is 2.95 bits per heavy atom. The molecule has 2 aromatic heterocycles. The predicted molar refractivity (Wildman–Crippen MR) is 87.3 cm³/mol. The summed E-state index contributed by atoms with van der Waals surface area (Å²) in [5.41, 5.74) is 2.00. The first-order valence-corrected chi connectivity index (χ1v) is 8.39. The summed E-state index contributed by atoms with van der Waals surface area (Å²) >= 11 is 5.15. The number of pyridine rings is 1. The smallest absolute Gasteiger partial charge is 0.142 e. The van der Waals surface area contributed by atoms with E-state index in [1.165, 1.54) is 4.88 Å². The molecule has 2 aromatic rings.